The molecule has 0 spiro atoms. The van der Waals surface area contributed by atoms with Crippen LogP contribution in [-0.2, 0) is 20.9 Å². The molecule has 9 nitrogen and oxygen atoms in total. The number of carbonyl (C=O) groups is 3. The summed E-state index contributed by atoms with van der Waals surface area (Å²) in [6.07, 6.45) is 0. The summed E-state index contributed by atoms with van der Waals surface area (Å²) in [5.41, 5.74) is 1.13. The molecule has 0 aliphatic rings. The number of benzene rings is 2. The molecule has 0 bridgehead atoms. The number of methoxy groups -OCH3 is 3. The molecule has 0 radical (unpaired) electrons. The molecule has 0 saturated heterocycles. The van der Waals surface area contributed by atoms with E-state index < -0.39 is 24.4 Å². The van der Waals surface area contributed by atoms with Crippen LogP contribution in [0.2, 0.25) is 0 Å². The predicted molar refractivity (Wildman–Crippen MR) is 108 cm³/mol. The van der Waals surface area contributed by atoms with Gasteiger partial charge in [0.1, 0.15) is 6.54 Å². The number of esters is 1. The molecule has 0 saturated carbocycles. The normalized spacial score (nSPS) is 9.97. The Morgan fingerprint density at radius 1 is 0.867 bits per heavy atom. The Hall–Kier alpha value is -3.75. The topological polar surface area (TPSA) is 112 Å². The molecule has 0 aliphatic heterocycles. The van der Waals surface area contributed by atoms with E-state index in [0.29, 0.717) is 28.4 Å². The van der Waals surface area contributed by atoms with Crippen LogP contribution in [0.25, 0.3) is 0 Å². The average Bonchev–Trinajstić information content (AvgIpc) is 2.79. The highest BCUT2D eigenvalue weighted by atomic mass is 16.5. The van der Waals surface area contributed by atoms with Gasteiger partial charge in [0.25, 0.3) is 11.8 Å². The Morgan fingerprint density at radius 3 is 2.07 bits per heavy atom. The van der Waals surface area contributed by atoms with E-state index in [9.17, 15) is 14.4 Å². The average molecular weight is 416 g/mol. The summed E-state index contributed by atoms with van der Waals surface area (Å²) in [4.78, 5) is 35.6. The van der Waals surface area contributed by atoms with Crippen molar-refractivity contribution in [3.8, 4) is 17.2 Å². The fourth-order valence-electron chi connectivity index (χ4n) is 2.53. The van der Waals surface area contributed by atoms with Gasteiger partial charge < -0.3 is 29.6 Å². The Kier molecular flexibility index (Phi) is 8.49. The minimum absolute atomic E-state index is 0.165. The lowest BCUT2D eigenvalue weighted by molar-refractivity contribution is -0.147. The third-order valence-electron chi connectivity index (χ3n) is 4.01. The van der Waals surface area contributed by atoms with Gasteiger partial charge >= 0.3 is 5.97 Å². The van der Waals surface area contributed by atoms with E-state index in [4.69, 9.17) is 18.9 Å². The Balaban J connectivity index is 1.78. The fourth-order valence-corrected chi connectivity index (χ4v) is 2.53. The lowest BCUT2D eigenvalue weighted by Crippen LogP contribution is -2.33. The van der Waals surface area contributed by atoms with Crippen LogP contribution < -0.4 is 24.8 Å². The lowest BCUT2D eigenvalue weighted by Gasteiger charge is -2.14. The summed E-state index contributed by atoms with van der Waals surface area (Å²) in [7, 11) is 4.49. The van der Waals surface area contributed by atoms with Gasteiger partial charge in [-0.25, -0.2) is 0 Å². The van der Waals surface area contributed by atoms with Gasteiger partial charge in [0.15, 0.2) is 18.1 Å². The van der Waals surface area contributed by atoms with Crippen LogP contribution in [0, 0.1) is 0 Å². The third-order valence-corrected chi connectivity index (χ3v) is 4.01. The van der Waals surface area contributed by atoms with Crippen molar-refractivity contribution in [2.24, 2.45) is 0 Å². The van der Waals surface area contributed by atoms with Crippen molar-refractivity contribution in [3.05, 3.63) is 53.6 Å². The molecule has 0 fully saturated rings. The Labute approximate surface area is 174 Å². The van der Waals surface area contributed by atoms with Crippen molar-refractivity contribution in [1.82, 2.24) is 10.6 Å². The maximum atomic E-state index is 11.9. The van der Waals surface area contributed by atoms with Gasteiger partial charge in [-0.2, -0.15) is 0 Å². The van der Waals surface area contributed by atoms with E-state index in [1.807, 2.05) is 0 Å². The van der Waals surface area contributed by atoms with E-state index in [1.54, 1.807) is 42.5 Å². The monoisotopic (exact) mass is 416 g/mol. The minimum Gasteiger partial charge on any atom is -0.493 e. The van der Waals surface area contributed by atoms with Gasteiger partial charge in [-0.1, -0.05) is 18.2 Å². The molecular formula is C21H24N2O7. The summed E-state index contributed by atoms with van der Waals surface area (Å²) in [6, 6.07) is 11.9. The Morgan fingerprint density at radius 2 is 1.50 bits per heavy atom. The van der Waals surface area contributed by atoms with E-state index in [-0.39, 0.29) is 13.1 Å². The zero-order valence-electron chi connectivity index (χ0n) is 17.0. The largest absolute Gasteiger partial charge is 0.493 e. The van der Waals surface area contributed by atoms with Crippen molar-refractivity contribution in [3.63, 3.8) is 0 Å². The van der Waals surface area contributed by atoms with E-state index in [0.717, 1.165) is 0 Å². The second kappa shape index (κ2) is 11.3. The van der Waals surface area contributed by atoms with Crippen LogP contribution in [0.5, 0.6) is 17.2 Å². The number of ether oxygens (including phenoxy) is 4. The number of hydrogen-bond donors (Lipinski definition) is 2. The SMILES string of the molecule is COc1cc(CNC(=O)COC(=O)CNC(=O)c2ccccc2)cc(OC)c1OC. The molecule has 30 heavy (non-hydrogen) atoms. The molecule has 2 N–H and O–H groups in total. The van der Waals surface area contributed by atoms with Crippen LogP contribution in [0.4, 0.5) is 0 Å². The quantitative estimate of drug-likeness (QED) is 0.562. The summed E-state index contributed by atoms with van der Waals surface area (Å²) >= 11 is 0. The first-order valence-electron chi connectivity index (χ1n) is 9.03. The smallest absolute Gasteiger partial charge is 0.325 e. The van der Waals surface area contributed by atoms with Gasteiger partial charge in [0, 0.05) is 12.1 Å². The molecule has 2 aromatic carbocycles. The van der Waals surface area contributed by atoms with E-state index in [2.05, 4.69) is 10.6 Å². The number of nitrogens with one attached hydrogen (secondary N) is 2. The third kappa shape index (κ3) is 6.40. The second-order valence-corrected chi connectivity index (χ2v) is 6.02. The van der Waals surface area contributed by atoms with Gasteiger partial charge in [-0.15, -0.1) is 0 Å². The van der Waals surface area contributed by atoms with E-state index in [1.165, 1.54) is 21.3 Å². The van der Waals surface area contributed by atoms with Crippen LogP contribution in [0.15, 0.2) is 42.5 Å². The van der Waals surface area contributed by atoms with Crippen molar-refractivity contribution in [2.75, 3.05) is 34.5 Å². The minimum atomic E-state index is -0.720. The molecule has 2 amide bonds. The van der Waals surface area contributed by atoms with Gasteiger partial charge in [0.2, 0.25) is 5.75 Å². The summed E-state index contributed by atoms with van der Waals surface area (Å²) < 4.78 is 20.6. The zero-order valence-corrected chi connectivity index (χ0v) is 17.0. The van der Waals surface area contributed by atoms with Gasteiger partial charge in [-0.3, -0.25) is 14.4 Å². The maximum Gasteiger partial charge on any atom is 0.325 e. The first-order valence-corrected chi connectivity index (χ1v) is 9.03. The van der Waals surface area contributed by atoms with Crippen molar-refractivity contribution in [1.29, 1.82) is 0 Å². The number of hydrogen-bond acceptors (Lipinski definition) is 7. The summed E-state index contributed by atoms with van der Waals surface area (Å²) in [5, 5.41) is 5.06. The first-order chi connectivity index (χ1) is 14.5. The molecule has 0 aromatic heterocycles. The van der Waals surface area contributed by atoms with Gasteiger partial charge in [-0.05, 0) is 29.8 Å². The highest BCUT2D eigenvalue weighted by Crippen LogP contribution is 2.38. The molecule has 0 aliphatic carbocycles. The molecule has 160 valence electrons. The zero-order chi connectivity index (χ0) is 21.9. The van der Waals surface area contributed by atoms with Crippen LogP contribution in [-0.4, -0.2) is 52.3 Å². The van der Waals surface area contributed by atoms with Crippen LogP contribution in [0.3, 0.4) is 0 Å². The molecule has 0 heterocycles. The molecule has 2 aromatic rings. The molecule has 9 heteroatoms. The number of rotatable bonds is 10. The summed E-state index contributed by atoms with van der Waals surface area (Å²) in [5.74, 6) is -0.252. The second-order valence-electron chi connectivity index (χ2n) is 6.02. The molecule has 0 atom stereocenters. The van der Waals surface area contributed by atoms with Crippen molar-refractivity contribution in [2.45, 2.75) is 6.54 Å². The molecule has 2 rings (SSSR count). The van der Waals surface area contributed by atoms with Crippen molar-refractivity contribution >= 4 is 17.8 Å². The van der Waals surface area contributed by atoms with Gasteiger partial charge in [0.05, 0.1) is 21.3 Å². The van der Waals surface area contributed by atoms with E-state index >= 15 is 0 Å². The fraction of sp³-hybridized carbons (Fsp3) is 0.286. The van der Waals surface area contributed by atoms with Crippen LogP contribution >= 0.6 is 0 Å². The first kappa shape index (κ1) is 22.5. The highest BCUT2D eigenvalue weighted by molar-refractivity contribution is 5.96. The molecular weight excluding hydrogens is 392 g/mol. The molecule has 0 unspecified atom stereocenters. The Bertz CT molecular complexity index is 859. The summed E-state index contributed by atoms with van der Waals surface area (Å²) in [6.45, 7) is -0.643. The lowest BCUT2D eigenvalue weighted by atomic mass is 10.1. The van der Waals surface area contributed by atoms with Crippen molar-refractivity contribution < 1.29 is 33.3 Å². The number of carbonyl (C=O) groups excluding carboxylic acids is 3. The number of amides is 2. The highest BCUT2D eigenvalue weighted by Gasteiger charge is 2.14. The van der Waals surface area contributed by atoms with Crippen LogP contribution in [0.1, 0.15) is 15.9 Å². The standard InChI is InChI=1S/C21H24N2O7/c1-27-16-9-14(10-17(28-2)20(16)29-3)11-22-18(24)13-30-19(25)12-23-21(26)15-7-5-4-6-8-15/h4-10H,11-13H2,1-3H3,(H,22,24)(H,23,26). The predicted octanol–water partition coefficient (Wildman–Crippen LogP) is 1.30. The maximum absolute atomic E-state index is 11.9.